The first-order valence-corrected chi connectivity index (χ1v) is 9.62. The van der Waals surface area contributed by atoms with E-state index in [1.807, 2.05) is 18.2 Å². The molecule has 7 heteroatoms. The van der Waals surface area contributed by atoms with Crippen molar-refractivity contribution in [3.63, 3.8) is 0 Å². The summed E-state index contributed by atoms with van der Waals surface area (Å²) in [4.78, 5) is 23.6. The molecule has 0 radical (unpaired) electrons. The molecule has 0 aliphatic carbocycles. The topological polar surface area (TPSA) is 79.5 Å². The number of anilines is 2. The van der Waals surface area contributed by atoms with Crippen LogP contribution in [-0.2, 0) is 14.9 Å². The molecule has 1 saturated heterocycles. The summed E-state index contributed by atoms with van der Waals surface area (Å²) in [6.45, 7) is 3.28. The van der Waals surface area contributed by atoms with Gasteiger partial charge in [0, 0.05) is 37.8 Å². The lowest BCUT2D eigenvalue weighted by atomic mass is 9.74. The van der Waals surface area contributed by atoms with Crippen molar-refractivity contribution in [2.75, 3.05) is 30.4 Å². The molecule has 3 amide bonds. The predicted molar refractivity (Wildman–Crippen MR) is 111 cm³/mol. The minimum Gasteiger partial charge on any atom is -0.381 e. The number of nitrogens with one attached hydrogen (secondary N) is 3. The third-order valence-electron chi connectivity index (χ3n) is 4.96. The third kappa shape index (κ3) is 5.03. The Balaban J connectivity index is 1.65. The quantitative estimate of drug-likeness (QED) is 0.703. The van der Waals surface area contributed by atoms with Crippen LogP contribution in [0.15, 0.2) is 48.5 Å². The first-order chi connectivity index (χ1) is 13.5. The smallest absolute Gasteiger partial charge is 0.319 e. The van der Waals surface area contributed by atoms with E-state index >= 15 is 0 Å². The van der Waals surface area contributed by atoms with Crippen LogP contribution in [0.3, 0.4) is 0 Å². The van der Waals surface area contributed by atoms with Gasteiger partial charge >= 0.3 is 6.03 Å². The van der Waals surface area contributed by atoms with Crippen molar-refractivity contribution in [3.8, 4) is 0 Å². The summed E-state index contributed by atoms with van der Waals surface area (Å²) in [5.41, 5.74) is 2.12. The van der Waals surface area contributed by atoms with Gasteiger partial charge < -0.3 is 20.7 Å². The van der Waals surface area contributed by atoms with Crippen LogP contribution < -0.4 is 16.0 Å². The Morgan fingerprint density at radius 1 is 1.07 bits per heavy atom. The van der Waals surface area contributed by atoms with E-state index in [0.29, 0.717) is 36.2 Å². The van der Waals surface area contributed by atoms with Gasteiger partial charge in [-0.3, -0.25) is 4.79 Å². The van der Waals surface area contributed by atoms with Crippen molar-refractivity contribution in [2.45, 2.75) is 25.2 Å². The van der Waals surface area contributed by atoms with Crippen molar-refractivity contribution in [1.82, 2.24) is 5.32 Å². The second-order valence-corrected chi connectivity index (χ2v) is 7.35. The molecular weight excluding hydrogens is 378 g/mol. The van der Waals surface area contributed by atoms with Crippen LogP contribution in [0, 0.1) is 0 Å². The zero-order valence-corrected chi connectivity index (χ0v) is 16.5. The van der Waals surface area contributed by atoms with Gasteiger partial charge in [-0.1, -0.05) is 41.9 Å². The Bertz CT molecular complexity index is 836. The molecular formula is C21H24ClN3O3. The maximum atomic E-state index is 12.5. The molecule has 148 valence electrons. The predicted octanol–water partition coefficient (Wildman–Crippen LogP) is 4.17. The summed E-state index contributed by atoms with van der Waals surface area (Å²) in [6, 6.07) is 14.8. The molecule has 0 spiro atoms. The summed E-state index contributed by atoms with van der Waals surface area (Å²) >= 11 is 6.22. The monoisotopic (exact) mass is 401 g/mol. The number of hydrogen-bond acceptors (Lipinski definition) is 3. The Kier molecular flexibility index (Phi) is 6.54. The lowest BCUT2D eigenvalue weighted by Crippen LogP contribution is -2.45. The van der Waals surface area contributed by atoms with Crippen molar-refractivity contribution in [2.24, 2.45) is 0 Å². The highest BCUT2D eigenvalue weighted by atomic mass is 35.5. The SMILES string of the molecule is CC(=O)Nc1ccc(NC(=O)NCC2(c3ccccc3)CCOCC2)c(Cl)c1. The molecule has 0 aromatic heterocycles. The minimum absolute atomic E-state index is 0.143. The normalized spacial score (nSPS) is 15.5. The first kappa shape index (κ1) is 20.2. The molecule has 3 rings (SSSR count). The molecule has 0 bridgehead atoms. The number of benzene rings is 2. The minimum atomic E-state index is -0.323. The fourth-order valence-corrected chi connectivity index (χ4v) is 3.66. The van der Waals surface area contributed by atoms with Crippen molar-refractivity contribution < 1.29 is 14.3 Å². The van der Waals surface area contributed by atoms with Gasteiger partial charge in [0.05, 0.1) is 10.7 Å². The zero-order valence-electron chi connectivity index (χ0n) is 15.8. The second-order valence-electron chi connectivity index (χ2n) is 6.94. The van der Waals surface area contributed by atoms with Gasteiger partial charge in [0.25, 0.3) is 0 Å². The molecule has 0 unspecified atom stereocenters. The third-order valence-corrected chi connectivity index (χ3v) is 5.27. The summed E-state index contributed by atoms with van der Waals surface area (Å²) < 4.78 is 5.53. The molecule has 2 aromatic carbocycles. The van der Waals surface area contributed by atoms with E-state index in [4.69, 9.17) is 16.3 Å². The highest BCUT2D eigenvalue weighted by Crippen LogP contribution is 2.34. The zero-order chi connectivity index (χ0) is 20.0. The van der Waals surface area contributed by atoms with Crippen LogP contribution >= 0.6 is 11.6 Å². The number of amides is 3. The molecule has 3 N–H and O–H groups in total. The van der Waals surface area contributed by atoms with Crippen LogP contribution in [0.2, 0.25) is 5.02 Å². The van der Waals surface area contributed by atoms with Gasteiger partial charge in [-0.05, 0) is 36.6 Å². The van der Waals surface area contributed by atoms with Crippen LogP contribution in [-0.4, -0.2) is 31.7 Å². The van der Waals surface area contributed by atoms with Gasteiger partial charge in [0.15, 0.2) is 0 Å². The van der Waals surface area contributed by atoms with Gasteiger partial charge in [0.1, 0.15) is 0 Å². The highest BCUT2D eigenvalue weighted by molar-refractivity contribution is 6.34. The summed E-state index contributed by atoms with van der Waals surface area (Å²) in [7, 11) is 0. The molecule has 2 aromatic rings. The van der Waals surface area contributed by atoms with E-state index in [0.717, 1.165) is 12.8 Å². The Labute approximate surface area is 169 Å². The van der Waals surface area contributed by atoms with Crippen molar-refractivity contribution >= 4 is 34.9 Å². The number of carbonyl (C=O) groups excluding carboxylic acids is 2. The molecule has 0 atom stereocenters. The van der Waals surface area contributed by atoms with E-state index in [1.54, 1.807) is 18.2 Å². The molecule has 1 aliphatic heterocycles. The second kappa shape index (κ2) is 9.08. The largest absolute Gasteiger partial charge is 0.381 e. The average Bonchev–Trinajstić information content (AvgIpc) is 2.69. The van der Waals surface area contributed by atoms with Gasteiger partial charge in [-0.25, -0.2) is 4.79 Å². The molecule has 1 fully saturated rings. The summed E-state index contributed by atoms with van der Waals surface area (Å²) in [5, 5.41) is 8.76. The van der Waals surface area contributed by atoms with Crippen LogP contribution in [0.4, 0.5) is 16.2 Å². The molecule has 1 heterocycles. The van der Waals surface area contributed by atoms with Gasteiger partial charge in [0.2, 0.25) is 5.91 Å². The van der Waals surface area contributed by atoms with Crippen LogP contribution in [0.1, 0.15) is 25.3 Å². The number of halogens is 1. The Hall–Kier alpha value is -2.57. The lowest BCUT2D eigenvalue weighted by Gasteiger charge is -2.38. The lowest BCUT2D eigenvalue weighted by molar-refractivity contribution is -0.114. The van der Waals surface area contributed by atoms with Crippen molar-refractivity contribution in [3.05, 3.63) is 59.1 Å². The number of rotatable bonds is 5. The molecule has 0 saturated carbocycles. The maximum Gasteiger partial charge on any atom is 0.319 e. The number of carbonyl (C=O) groups is 2. The number of urea groups is 1. The molecule has 6 nitrogen and oxygen atoms in total. The van der Waals surface area contributed by atoms with E-state index in [9.17, 15) is 9.59 Å². The Morgan fingerprint density at radius 2 is 1.79 bits per heavy atom. The summed E-state index contributed by atoms with van der Waals surface area (Å²) in [5.74, 6) is -0.183. The van der Waals surface area contributed by atoms with E-state index in [-0.39, 0.29) is 17.4 Å². The van der Waals surface area contributed by atoms with Gasteiger partial charge in [-0.2, -0.15) is 0 Å². The maximum absolute atomic E-state index is 12.5. The first-order valence-electron chi connectivity index (χ1n) is 9.24. The average molecular weight is 402 g/mol. The molecule has 1 aliphatic rings. The standard InChI is InChI=1S/C21H24ClN3O3/c1-15(26)24-17-7-8-19(18(22)13-17)25-20(27)23-14-21(9-11-28-12-10-21)16-5-3-2-4-6-16/h2-8,13H,9-12,14H2,1H3,(H,24,26)(H2,23,25,27). The van der Waals surface area contributed by atoms with Crippen LogP contribution in [0.25, 0.3) is 0 Å². The fraction of sp³-hybridized carbons (Fsp3) is 0.333. The van der Waals surface area contributed by atoms with Gasteiger partial charge in [-0.15, -0.1) is 0 Å². The van der Waals surface area contributed by atoms with E-state index in [2.05, 4.69) is 28.1 Å². The summed E-state index contributed by atoms with van der Waals surface area (Å²) in [6.07, 6.45) is 1.70. The van der Waals surface area contributed by atoms with E-state index in [1.165, 1.54) is 12.5 Å². The van der Waals surface area contributed by atoms with Crippen molar-refractivity contribution in [1.29, 1.82) is 0 Å². The van der Waals surface area contributed by atoms with Crippen LogP contribution in [0.5, 0.6) is 0 Å². The number of hydrogen-bond donors (Lipinski definition) is 3. The number of ether oxygens (including phenoxy) is 1. The highest BCUT2D eigenvalue weighted by Gasteiger charge is 2.34. The fourth-order valence-electron chi connectivity index (χ4n) is 3.43. The Morgan fingerprint density at radius 3 is 2.43 bits per heavy atom. The van der Waals surface area contributed by atoms with E-state index < -0.39 is 0 Å². The molecule has 28 heavy (non-hydrogen) atoms.